The van der Waals surface area contributed by atoms with Crippen LogP contribution in [0.2, 0.25) is 0 Å². The molecule has 0 aliphatic heterocycles. The van der Waals surface area contributed by atoms with Crippen LogP contribution in [0.4, 0.5) is 26.3 Å². The molecule has 0 bridgehead atoms. The van der Waals surface area contributed by atoms with Crippen molar-refractivity contribution in [1.82, 2.24) is 9.55 Å². The average molecular weight is 521 g/mol. The first-order chi connectivity index (χ1) is 16.1. The van der Waals surface area contributed by atoms with Gasteiger partial charge >= 0.3 is 12.4 Å². The molecule has 13 heteroatoms. The molecule has 3 rings (SSSR count). The van der Waals surface area contributed by atoms with E-state index in [2.05, 4.69) is 9.98 Å². The molecule has 35 heavy (non-hydrogen) atoms. The van der Waals surface area contributed by atoms with E-state index in [0.29, 0.717) is 16.3 Å². The van der Waals surface area contributed by atoms with E-state index < -0.39 is 41.4 Å². The van der Waals surface area contributed by atoms with Crippen LogP contribution in [0.5, 0.6) is 5.75 Å². The van der Waals surface area contributed by atoms with E-state index in [9.17, 15) is 36.2 Å². The number of rotatable bonds is 7. The van der Waals surface area contributed by atoms with Crippen LogP contribution < -0.4 is 9.54 Å². The predicted octanol–water partition coefficient (Wildman–Crippen LogP) is 5.35. The fourth-order valence-electron chi connectivity index (χ4n) is 3.06. The monoisotopic (exact) mass is 521 g/mol. The lowest BCUT2D eigenvalue weighted by atomic mass is 10.1. The molecule has 0 fully saturated rings. The van der Waals surface area contributed by atoms with Crippen molar-refractivity contribution in [3.8, 4) is 5.75 Å². The number of carbonyl (C=O) groups excluding carboxylic acids is 1. The smallest absolute Gasteiger partial charge is 0.416 e. The second kappa shape index (κ2) is 9.97. The average Bonchev–Trinajstić information content (AvgIpc) is 3.07. The van der Waals surface area contributed by atoms with Crippen LogP contribution in [0, 0.1) is 0 Å². The number of aromatic nitrogens is 2. The number of pyridine rings is 1. The van der Waals surface area contributed by atoms with Crippen LogP contribution in [0.25, 0.3) is 10.2 Å². The van der Waals surface area contributed by atoms with Crippen LogP contribution in [-0.2, 0) is 12.7 Å². The Morgan fingerprint density at radius 3 is 2.51 bits per heavy atom. The van der Waals surface area contributed by atoms with E-state index in [1.54, 1.807) is 6.07 Å². The maximum absolute atomic E-state index is 13.3. The number of hydrogen-bond acceptors (Lipinski definition) is 5. The molecule has 0 saturated carbocycles. The third-order valence-corrected chi connectivity index (χ3v) is 5.70. The Balaban J connectivity index is 2.06. The first-order valence-corrected chi connectivity index (χ1v) is 11.1. The third kappa shape index (κ3) is 7.28. The van der Waals surface area contributed by atoms with Gasteiger partial charge in [-0.3, -0.25) is 9.78 Å². The third-order valence-electron chi connectivity index (χ3n) is 4.64. The molecule has 0 aliphatic rings. The quantitative estimate of drug-likeness (QED) is 0.426. The zero-order valence-electron chi connectivity index (χ0n) is 18.6. The number of amides is 1. The Kier molecular flexibility index (Phi) is 7.60. The number of halogens is 6. The van der Waals surface area contributed by atoms with E-state index in [1.807, 2.05) is 0 Å². The summed E-state index contributed by atoms with van der Waals surface area (Å²) in [5.41, 5.74) is -2.50. The van der Waals surface area contributed by atoms with Gasteiger partial charge < -0.3 is 14.4 Å². The van der Waals surface area contributed by atoms with Crippen molar-refractivity contribution >= 4 is 27.5 Å². The lowest BCUT2D eigenvalue weighted by molar-refractivity contribution is -0.138. The number of alkyl halides is 6. The van der Waals surface area contributed by atoms with Crippen LogP contribution >= 0.6 is 11.3 Å². The van der Waals surface area contributed by atoms with Gasteiger partial charge in [-0.2, -0.15) is 31.3 Å². The molecule has 2 aromatic heterocycles. The number of carbonyl (C=O) groups is 1. The van der Waals surface area contributed by atoms with Gasteiger partial charge in [0.2, 0.25) is 0 Å². The molecule has 0 atom stereocenters. The van der Waals surface area contributed by atoms with Crippen LogP contribution in [0.1, 0.15) is 42.6 Å². The molecule has 1 N–H and O–H groups in total. The number of thiazole rings is 1. The maximum atomic E-state index is 13.3. The van der Waals surface area contributed by atoms with E-state index in [-0.39, 0.29) is 30.1 Å². The minimum absolute atomic E-state index is 0.00558. The van der Waals surface area contributed by atoms with Gasteiger partial charge in [-0.05, 0) is 44.5 Å². The highest BCUT2D eigenvalue weighted by Crippen LogP contribution is 2.33. The number of fused-ring (bicyclic) bond motifs is 1. The fraction of sp³-hybridized carbons (Fsp3) is 0.409. The molecule has 1 amide bonds. The second-order valence-corrected chi connectivity index (χ2v) is 9.33. The van der Waals surface area contributed by atoms with E-state index in [0.717, 1.165) is 23.5 Å². The van der Waals surface area contributed by atoms with Crippen molar-refractivity contribution in [2.75, 3.05) is 6.61 Å². The van der Waals surface area contributed by atoms with E-state index in [1.165, 1.54) is 30.8 Å². The number of benzene rings is 1. The molecule has 0 unspecified atom stereocenters. The normalized spacial score (nSPS) is 13.5. The van der Waals surface area contributed by atoms with Gasteiger partial charge in [0.05, 0.1) is 33.1 Å². The molecule has 3 aromatic rings. The maximum Gasteiger partial charge on any atom is 0.416 e. The second-order valence-electron chi connectivity index (χ2n) is 8.33. The highest BCUT2D eigenvalue weighted by molar-refractivity contribution is 7.16. The minimum atomic E-state index is -4.75. The van der Waals surface area contributed by atoms with Gasteiger partial charge in [-0.15, -0.1) is 0 Å². The topological polar surface area (TPSA) is 76.7 Å². The number of hydrogen-bond donors (Lipinski definition) is 1. The highest BCUT2D eigenvalue weighted by atomic mass is 32.1. The van der Waals surface area contributed by atoms with Crippen molar-refractivity contribution in [3.05, 3.63) is 52.6 Å². The number of aliphatic hydroxyl groups is 1. The number of ether oxygens (including phenoxy) is 1. The lowest BCUT2D eigenvalue weighted by Crippen LogP contribution is -2.28. The molecule has 0 radical (unpaired) electrons. The standard InChI is InChI=1S/C22H21F6N3O3S/c1-20(2,33)12-34-16-5-4-13(22(26,27)28)10-14(16)18(32)30-19-31(9-3-7-21(23,24)25)15-11-29-8-6-17(15)35-19/h4-6,8,10-11,33H,3,7,9,12H2,1-2H3/b30-19-. The predicted molar refractivity (Wildman–Crippen MR) is 116 cm³/mol. The Labute approximate surface area is 199 Å². The van der Waals surface area contributed by atoms with Crippen LogP contribution in [0.15, 0.2) is 41.7 Å². The van der Waals surface area contributed by atoms with E-state index >= 15 is 0 Å². The molecule has 0 spiro atoms. The SMILES string of the molecule is CC(C)(O)COc1ccc(C(F)(F)F)cc1C(=O)/N=c1\sc2ccncc2n1CCCC(F)(F)F. The Morgan fingerprint density at radius 2 is 1.89 bits per heavy atom. The molecule has 2 heterocycles. The Morgan fingerprint density at radius 1 is 1.17 bits per heavy atom. The molecule has 0 aliphatic carbocycles. The first-order valence-electron chi connectivity index (χ1n) is 10.3. The Bertz CT molecular complexity index is 1270. The van der Waals surface area contributed by atoms with Crippen molar-refractivity contribution in [3.63, 3.8) is 0 Å². The molecule has 190 valence electrons. The van der Waals surface area contributed by atoms with Gasteiger partial charge in [0.15, 0.2) is 4.80 Å². The highest BCUT2D eigenvalue weighted by Gasteiger charge is 2.32. The van der Waals surface area contributed by atoms with Gasteiger partial charge in [-0.1, -0.05) is 11.3 Å². The van der Waals surface area contributed by atoms with Crippen molar-refractivity contribution < 1.29 is 41.0 Å². The fourth-order valence-corrected chi connectivity index (χ4v) is 4.08. The van der Waals surface area contributed by atoms with Crippen molar-refractivity contribution in [2.24, 2.45) is 4.99 Å². The summed E-state index contributed by atoms with van der Waals surface area (Å²) in [6.07, 6.45) is -7.61. The summed E-state index contributed by atoms with van der Waals surface area (Å²) in [4.78, 5) is 20.9. The largest absolute Gasteiger partial charge is 0.490 e. The van der Waals surface area contributed by atoms with Crippen LogP contribution in [0.3, 0.4) is 0 Å². The first kappa shape index (κ1) is 26.7. The summed E-state index contributed by atoms with van der Waals surface area (Å²) in [6, 6.07) is 3.88. The molecule has 1 aromatic carbocycles. The summed E-state index contributed by atoms with van der Waals surface area (Å²) in [7, 11) is 0. The minimum Gasteiger partial charge on any atom is -0.490 e. The summed E-state index contributed by atoms with van der Waals surface area (Å²) in [5, 5.41) is 9.88. The lowest BCUT2D eigenvalue weighted by Gasteiger charge is -2.19. The van der Waals surface area contributed by atoms with Gasteiger partial charge in [0.25, 0.3) is 5.91 Å². The van der Waals surface area contributed by atoms with Gasteiger partial charge in [0.1, 0.15) is 12.4 Å². The summed E-state index contributed by atoms with van der Waals surface area (Å²) < 4.78 is 85.1. The number of nitrogens with zero attached hydrogens (tertiary/aromatic N) is 3. The molecular formula is C22H21F6N3O3S. The summed E-state index contributed by atoms with van der Waals surface area (Å²) >= 11 is 0.989. The zero-order valence-corrected chi connectivity index (χ0v) is 19.4. The van der Waals surface area contributed by atoms with Crippen molar-refractivity contribution in [1.29, 1.82) is 0 Å². The molecule has 6 nitrogen and oxygen atoms in total. The van der Waals surface area contributed by atoms with Gasteiger partial charge in [0, 0.05) is 19.2 Å². The summed E-state index contributed by atoms with van der Waals surface area (Å²) in [6.45, 7) is 2.38. The van der Waals surface area contributed by atoms with Crippen LogP contribution in [-0.4, -0.2) is 38.9 Å². The molecular weight excluding hydrogens is 500 g/mol. The molecule has 0 saturated heterocycles. The van der Waals surface area contributed by atoms with Crippen molar-refractivity contribution in [2.45, 2.75) is 51.2 Å². The summed E-state index contributed by atoms with van der Waals surface area (Å²) in [5.74, 6) is -1.30. The zero-order chi connectivity index (χ0) is 26.0. The van der Waals surface area contributed by atoms with E-state index in [4.69, 9.17) is 4.74 Å². The van der Waals surface area contributed by atoms with Gasteiger partial charge in [-0.25, -0.2) is 0 Å². The Hall–Kier alpha value is -2.93. The number of aryl methyl sites for hydroxylation is 1.